The molecule has 0 saturated carbocycles. The summed E-state index contributed by atoms with van der Waals surface area (Å²) in [6.07, 6.45) is 0. The summed E-state index contributed by atoms with van der Waals surface area (Å²) in [5, 5.41) is 5.50. The van der Waals surface area contributed by atoms with Crippen LogP contribution in [0, 0.1) is 0 Å². The van der Waals surface area contributed by atoms with Crippen molar-refractivity contribution in [1.82, 2.24) is 0 Å². The van der Waals surface area contributed by atoms with Crippen LogP contribution in [0.4, 0.5) is 4.53 Å². The Morgan fingerprint density at radius 2 is 1.40 bits per heavy atom. The van der Waals surface area contributed by atoms with Gasteiger partial charge in [-0.2, -0.15) is 0 Å². The number of rotatable bonds is 0. The molecule has 5 heteroatoms. The average molecular weight is 281 g/mol. The normalized spacial score (nSPS) is 1.20. The van der Waals surface area contributed by atoms with E-state index in [0.29, 0.717) is 0 Å². The summed E-state index contributed by atoms with van der Waals surface area (Å²) in [5.74, 6) is 0. The van der Waals surface area contributed by atoms with Gasteiger partial charge in [0.05, 0.1) is 0 Å². The zero-order valence-corrected chi connectivity index (χ0v) is 6.94. The van der Waals surface area contributed by atoms with Crippen LogP contribution in [0.2, 0.25) is 0 Å². The zero-order chi connectivity index (χ0) is 2.00. The number of hydrogen-bond acceptors (Lipinski definition) is 1. The molecule has 5 heavy (non-hydrogen) atoms. The molecule has 0 bridgehead atoms. The maximum absolute atomic E-state index is 8.50. The molecule has 0 aromatic rings. The van der Waals surface area contributed by atoms with Crippen LogP contribution in [0.15, 0.2) is 0 Å². The molecule has 29 valence electrons. The summed E-state index contributed by atoms with van der Waals surface area (Å²) < 4.78 is 8.50. The summed E-state index contributed by atoms with van der Waals surface area (Å²) >= 11 is 0. The van der Waals surface area contributed by atoms with Crippen molar-refractivity contribution in [3.05, 3.63) is 0 Å². The van der Waals surface area contributed by atoms with Gasteiger partial charge in [0.15, 0.2) is 0 Å². The Labute approximate surface area is 69.2 Å². The van der Waals surface area contributed by atoms with Crippen LogP contribution >= 0.6 is 0 Å². The summed E-state index contributed by atoms with van der Waals surface area (Å²) in [4.78, 5) is 0. The smallest absolute Gasteiger partial charge is 1.00 e. The molecule has 1 N–H and O–H groups in total. The quantitative estimate of drug-likeness (QED) is 0.468. The molecule has 0 spiro atoms. The Kier molecular flexibility index (Phi) is 251. The molecule has 0 atom stereocenters. The van der Waals surface area contributed by atoms with Gasteiger partial charge in [-0.15, -0.1) is 0 Å². The van der Waals surface area contributed by atoms with Crippen LogP contribution in [0.1, 0.15) is 1.43 Å². The number of hydrogen-bond donors (Lipinski definition) is 1. The largest absolute Gasteiger partial charge is 1.00 e. The first-order valence-electron chi connectivity index (χ1n) is 0.169. The Morgan fingerprint density at radius 1 is 1.40 bits per heavy atom. The van der Waals surface area contributed by atoms with Crippen molar-refractivity contribution in [2.45, 2.75) is 0 Å². The van der Waals surface area contributed by atoms with Gasteiger partial charge in [0.1, 0.15) is 0 Å². The third-order valence-corrected chi connectivity index (χ3v) is 0. The van der Waals surface area contributed by atoms with Crippen LogP contribution in [0.3, 0.4) is 0 Å². The summed E-state index contributed by atoms with van der Waals surface area (Å²) in [6.45, 7) is 0. The zero-order valence-electron chi connectivity index (χ0n) is 3.63. The second kappa shape index (κ2) is 42.4. The molecule has 0 aliphatic heterocycles. The Balaban J connectivity index is -0.000000000833. The summed E-state index contributed by atoms with van der Waals surface area (Å²) in [5.41, 5.74) is 0. The van der Waals surface area contributed by atoms with Gasteiger partial charge in [-0.1, -0.05) is 4.53 Å². The van der Waals surface area contributed by atoms with Crippen LogP contribution in [-0.4, -0.2) is 5.31 Å². The minimum Gasteiger partial charge on any atom is -1.00 e. The second-order valence-electron chi connectivity index (χ2n) is 0. The molecule has 0 saturated heterocycles. The number of halogens is 1. The molecule has 0 aromatic carbocycles. The molecular formula is H2FFeLiOTa. The van der Waals surface area contributed by atoms with Gasteiger partial charge in [0, 0.05) is 39.4 Å². The van der Waals surface area contributed by atoms with E-state index >= 15 is 0 Å². The summed E-state index contributed by atoms with van der Waals surface area (Å²) in [6, 6.07) is 0. The molecule has 1 nitrogen and oxygen atoms in total. The SMILES string of the molecule is OF.[Fe].[H-].[Li+].[Ta]. The molecule has 0 amide bonds. The fourth-order valence-corrected chi connectivity index (χ4v) is 0. The van der Waals surface area contributed by atoms with Crippen molar-refractivity contribution < 1.29 is 69.6 Å². The van der Waals surface area contributed by atoms with Crippen molar-refractivity contribution in [2.75, 3.05) is 0 Å². The van der Waals surface area contributed by atoms with E-state index in [1.165, 1.54) is 0 Å². The van der Waals surface area contributed by atoms with E-state index in [2.05, 4.69) is 0 Å². The van der Waals surface area contributed by atoms with E-state index in [-0.39, 0.29) is 59.7 Å². The van der Waals surface area contributed by atoms with Crippen LogP contribution < -0.4 is 18.9 Å². The first kappa shape index (κ1) is 29.5. The van der Waals surface area contributed by atoms with Gasteiger partial charge in [0.2, 0.25) is 0 Å². The third-order valence-electron chi connectivity index (χ3n) is 0. The first-order chi connectivity index (χ1) is 1.00. The van der Waals surface area contributed by atoms with Gasteiger partial charge in [-0.3, -0.25) is 0 Å². The predicted molar refractivity (Wildman–Crippen MR) is 4.44 cm³/mol. The van der Waals surface area contributed by atoms with E-state index in [1.54, 1.807) is 0 Å². The Morgan fingerprint density at radius 3 is 1.40 bits per heavy atom. The molecule has 0 fully saturated rings. The standard InChI is InChI=1S/FHO.Fe.Li.Ta.H/c1-2;;;;/h2H;;;;/q;;+1;;-1. The topological polar surface area (TPSA) is 20.2 Å². The van der Waals surface area contributed by atoms with E-state index in [1.807, 2.05) is 0 Å². The molecule has 0 heterocycles. The molecule has 0 unspecified atom stereocenters. The van der Waals surface area contributed by atoms with Crippen molar-refractivity contribution in [1.29, 1.82) is 0 Å². The minimum atomic E-state index is 0. The molecule has 0 aromatic heterocycles. The first-order valence-corrected chi connectivity index (χ1v) is 0.169. The van der Waals surface area contributed by atoms with Gasteiger partial charge in [0.25, 0.3) is 0 Å². The molecule has 0 aliphatic carbocycles. The molecule has 1 radical (unpaired) electrons. The van der Waals surface area contributed by atoms with Crippen molar-refractivity contribution >= 4 is 0 Å². The summed E-state index contributed by atoms with van der Waals surface area (Å²) in [7, 11) is 0. The molecular weight excluding hydrogens is 279 g/mol. The fourth-order valence-electron chi connectivity index (χ4n) is 0. The monoisotopic (exact) mass is 281 g/mol. The Hall–Kier alpha value is 1.75. The van der Waals surface area contributed by atoms with Crippen LogP contribution in [0.25, 0.3) is 0 Å². The van der Waals surface area contributed by atoms with E-state index in [9.17, 15) is 0 Å². The Bertz CT molecular complexity index is 15.5. The fraction of sp³-hybridized carbons (Fsp3) is 0. The predicted octanol–water partition coefficient (Wildman–Crippen LogP) is -3.03. The van der Waals surface area contributed by atoms with Gasteiger partial charge < -0.3 is 1.43 Å². The molecule has 0 aliphatic rings. The van der Waals surface area contributed by atoms with Gasteiger partial charge in [-0.25, -0.2) is 5.31 Å². The van der Waals surface area contributed by atoms with E-state index < -0.39 is 0 Å². The maximum atomic E-state index is 8.50. The van der Waals surface area contributed by atoms with Gasteiger partial charge >= 0.3 is 18.9 Å². The molecule has 0 rings (SSSR count). The second-order valence-corrected chi connectivity index (χ2v) is 0. The van der Waals surface area contributed by atoms with E-state index in [0.717, 1.165) is 0 Å². The minimum absolute atomic E-state index is 0. The average Bonchev–Trinajstić information content (AvgIpc) is 1.00. The maximum Gasteiger partial charge on any atom is 1.00 e. The van der Waals surface area contributed by atoms with Crippen molar-refractivity contribution in [3.63, 3.8) is 0 Å². The third kappa shape index (κ3) is 26.4. The van der Waals surface area contributed by atoms with Crippen molar-refractivity contribution in [3.8, 4) is 0 Å². The van der Waals surface area contributed by atoms with Crippen LogP contribution in [-0.2, 0) is 39.4 Å². The van der Waals surface area contributed by atoms with Crippen LogP contribution in [0.5, 0.6) is 0 Å². The van der Waals surface area contributed by atoms with Gasteiger partial charge in [-0.05, 0) is 0 Å². The van der Waals surface area contributed by atoms with E-state index in [4.69, 9.17) is 9.84 Å². The van der Waals surface area contributed by atoms with Crippen molar-refractivity contribution in [2.24, 2.45) is 0 Å².